The number of hydrazone groups is 1. The van der Waals surface area contributed by atoms with Gasteiger partial charge in [-0.2, -0.15) is 5.10 Å². The van der Waals surface area contributed by atoms with E-state index in [-0.39, 0.29) is 26.6 Å². The third-order valence-corrected chi connectivity index (χ3v) is 7.69. The molecule has 4 aromatic rings. The van der Waals surface area contributed by atoms with Gasteiger partial charge in [-0.3, -0.25) is 4.79 Å². The fraction of sp³-hybridized carbons (Fsp3) is 0.0417. The molecule has 0 saturated carbocycles. The lowest BCUT2D eigenvalue weighted by Crippen LogP contribution is -2.27. The highest BCUT2D eigenvalue weighted by atomic mass is 32.2. The Labute approximate surface area is 206 Å². The van der Waals surface area contributed by atoms with Gasteiger partial charge in [-0.15, -0.1) is 0 Å². The van der Waals surface area contributed by atoms with Crippen LogP contribution in [0.1, 0.15) is 15.9 Å². The van der Waals surface area contributed by atoms with Gasteiger partial charge in [0.2, 0.25) is 10.0 Å². The summed E-state index contributed by atoms with van der Waals surface area (Å²) in [5.41, 5.74) is 1.34. The van der Waals surface area contributed by atoms with Crippen molar-refractivity contribution in [3.05, 3.63) is 106 Å². The first-order chi connectivity index (χ1) is 17.0. The summed E-state index contributed by atoms with van der Waals surface area (Å²) in [7, 11) is -7.90. The summed E-state index contributed by atoms with van der Waals surface area (Å²) in [6, 6.07) is 20.4. The number of para-hydroxylation sites is 1. The molecule has 0 spiro atoms. The van der Waals surface area contributed by atoms with Crippen molar-refractivity contribution >= 4 is 42.4 Å². The molecule has 1 heterocycles. The van der Waals surface area contributed by atoms with E-state index >= 15 is 0 Å². The minimum atomic E-state index is -3.96. The molecule has 0 atom stereocenters. The maximum absolute atomic E-state index is 13.0. The van der Waals surface area contributed by atoms with E-state index in [4.69, 9.17) is 9.56 Å². The average Bonchev–Trinajstić information content (AvgIpc) is 2.86. The molecule has 0 saturated heterocycles. The van der Waals surface area contributed by atoms with Crippen LogP contribution in [0.2, 0.25) is 0 Å². The van der Waals surface area contributed by atoms with E-state index < -0.39 is 37.1 Å². The van der Waals surface area contributed by atoms with Crippen LogP contribution in [0.25, 0.3) is 11.0 Å². The first-order valence-corrected chi connectivity index (χ1v) is 13.6. The highest BCUT2D eigenvalue weighted by molar-refractivity contribution is 7.92. The summed E-state index contributed by atoms with van der Waals surface area (Å²) in [5, 5.41) is 9.54. The Morgan fingerprint density at radius 3 is 2.17 bits per heavy atom. The topological polar surface area (TPSA) is 166 Å². The van der Waals surface area contributed by atoms with E-state index in [0.29, 0.717) is 11.0 Å². The molecule has 0 aliphatic carbocycles. The second-order valence-electron chi connectivity index (χ2n) is 7.63. The number of primary sulfonamides is 1. The van der Waals surface area contributed by atoms with Gasteiger partial charge in [0, 0.05) is 10.9 Å². The van der Waals surface area contributed by atoms with Gasteiger partial charge < -0.3 is 4.42 Å². The maximum Gasteiger partial charge on any atom is 0.345 e. The van der Waals surface area contributed by atoms with Gasteiger partial charge in [0.1, 0.15) is 5.58 Å². The molecular weight excluding hydrogens is 506 g/mol. The normalized spacial score (nSPS) is 12.4. The summed E-state index contributed by atoms with van der Waals surface area (Å²) in [5.74, 6) is -1.47. The molecule has 1 amide bonds. The van der Waals surface area contributed by atoms with Crippen LogP contribution >= 0.6 is 0 Å². The summed E-state index contributed by atoms with van der Waals surface area (Å²) in [4.78, 5) is 25.2. The molecule has 3 N–H and O–H groups in total. The number of nitrogens with one attached hydrogen (secondary N) is 1. The van der Waals surface area contributed by atoms with E-state index in [1.54, 1.807) is 42.5 Å². The lowest BCUT2D eigenvalue weighted by molar-refractivity contribution is 0.0954. The Morgan fingerprint density at radius 2 is 1.50 bits per heavy atom. The van der Waals surface area contributed by atoms with Crippen molar-refractivity contribution in [2.45, 2.75) is 9.79 Å². The number of sulfonamides is 1. The van der Waals surface area contributed by atoms with Crippen LogP contribution in [-0.2, 0) is 19.9 Å². The zero-order chi connectivity index (χ0) is 25.9. The maximum atomic E-state index is 13.0. The Morgan fingerprint density at radius 1 is 0.861 bits per heavy atom. The van der Waals surface area contributed by atoms with Crippen LogP contribution < -0.4 is 16.2 Å². The Kier molecular flexibility index (Phi) is 6.84. The van der Waals surface area contributed by atoms with Crippen molar-refractivity contribution in [2.24, 2.45) is 10.2 Å². The second-order valence-corrected chi connectivity index (χ2v) is 11.2. The highest BCUT2D eigenvalue weighted by Crippen LogP contribution is 2.16. The third kappa shape index (κ3) is 5.57. The van der Waals surface area contributed by atoms with Gasteiger partial charge in [-0.1, -0.05) is 36.4 Å². The van der Waals surface area contributed by atoms with Crippen LogP contribution in [0.15, 0.2) is 109 Å². The lowest BCUT2D eigenvalue weighted by Gasteiger charge is -2.09. The van der Waals surface area contributed by atoms with Crippen LogP contribution in [0.3, 0.4) is 0 Å². The van der Waals surface area contributed by atoms with Crippen LogP contribution in [0.5, 0.6) is 0 Å². The number of nitrogens with zero attached hydrogens (tertiary/aromatic N) is 1. The smallest absolute Gasteiger partial charge is 0.345 e. The van der Waals surface area contributed by atoms with Gasteiger partial charge in [-0.05, 0) is 48.5 Å². The molecule has 0 fully saturated rings. The predicted molar refractivity (Wildman–Crippen MR) is 133 cm³/mol. The summed E-state index contributed by atoms with van der Waals surface area (Å²) >= 11 is 0. The number of carbonyl (C=O) groups excluding carboxylic acids is 1. The van der Waals surface area contributed by atoms with E-state index in [0.717, 1.165) is 12.1 Å². The monoisotopic (exact) mass is 525 g/mol. The standard InChI is InChI=1S/C24H19N3O7S2/c25-36(32,33)19-12-10-16(11-13-19)23(28)27-26-21(15-35(30,31)18-7-2-1-3-8-18)20-14-17-6-4-5-9-22(17)34-24(20)29/h1-14H,15H2,(H,27,28)(H2,25,32,33)/b26-21+. The number of hydrogen-bond donors (Lipinski definition) is 2. The van der Waals surface area contributed by atoms with Crippen molar-refractivity contribution in [3.63, 3.8) is 0 Å². The molecule has 0 radical (unpaired) electrons. The number of fused-ring (bicyclic) bond motifs is 1. The SMILES string of the molecule is NS(=O)(=O)c1ccc(C(=O)N/N=C(\CS(=O)(=O)c2ccccc2)c2cc3ccccc3oc2=O)cc1. The van der Waals surface area contributed by atoms with Gasteiger partial charge in [0.25, 0.3) is 5.91 Å². The molecule has 0 unspecified atom stereocenters. The van der Waals surface area contributed by atoms with E-state index in [2.05, 4.69) is 10.5 Å². The van der Waals surface area contributed by atoms with E-state index in [1.807, 2.05) is 0 Å². The van der Waals surface area contributed by atoms with Gasteiger partial charge in [-0.25, -0.2) is 32.2 Å². The average molecular weight is 526 g/mol. The number of rotatable bonds is 7. The molecule has 4 rings (SSSR count). The summed E-state index contributed by atoms with van der Waals surface area (Å²) in [6.07, 6.45) is 0. The number of hydrogen-bond acceptors (Lipinski definition) is 8. The van der Waals surface area contributed by atoms with E-state index in [9.17, 15) is 26.4 Å². The molecular formula is C24H19N3O7S2. The first kappa shape index (κ1) is 25.0. The Hall–Kier alpha value is -4.13. The molecule has 0 aliphatic rings. The number of sulfone groups is 1. The lowest BCUT2D eigenvalue weighted by atomic mass is 10.1. The molecule has 10 nitrogen and oxygen atoms in total. The van der Waals surface area contributed by atoms with Crippen molar-refractivity contribution in [1.29, 1.82) is 0 Å². The zero-order valence-corrected chi connectivity index (χ0v) is 20.1. The third-order valence-electron chi connectivity index (χ3n) is 5.12. The van der Waals surface area contributed by atoms with Crippen LogP contribution in [0.4, 0.5) is 0 Å². The van der Waals surface area contributed by atoms with Crippen molar-refractivity contribution in [1.82, 2.24) is 5.43 Å². The van der Waals surface area contributed by atoms with Crippen molar-refractivity contribution < 1.29 is 26.0 Å². The molecule has 0 bridgehead atoms. The van der Waals surface area contributed by atoms with Crippen LogP contribution in [0, 0.1) is 0 Å². The molecule has 3 aromatic carbocycles. The largest absolute Gasteiger partial charge is 0.422 e. The summed E-state index contributed by atoms with van der Waals surface area (Å²) in [6.45, 7) is 0. The van der Waals surface area contributed by atoms with Crippen molar-refractivity contribution in [3.8, 4) is 0 Å². The number of benzene rings is 3. The molecule has 36 heavy (non-hydrogen) atoms. The fourth-order valence-electron chi connectivity index (χ4n) is 3.30. The number of amides is 1. The Balaban J connectivity index is 1.73. The molecule has 0 aliphatic heterocycles. The van der Waals surface area contributed by atoms with E-state index in [1.165, 1.54) is 30.3 Å². The number of nitrogens with two attached hydrogens (primary N) is 1. The number of carbonyl (C=O) groups is 1. The van der Waals surface area contributed by atoms with Gasteiger partial charge in [0.05, 0.1) is 26.8 Å². The second kappa shape index (κ2) is 9.85. The van der Waals surface area contributed by atoms with Gasteiger partial charge >= 0.3 is 5.63 Å². The molecule has 184 valence electrons. The van der Waals surface area contributed by atoms with Gasteiger partial charge in [0.15, 0.2) is 9.84 Å². The quantitative estimate of drug-likeness (QED) is 0.212. The van der Waals surface area contributed by atoms with Crippen LogP contribution in [-0.4, -0.2) is 34.2 Å². The minimum Gasteiger partial charge on any atom is -0.422 e. The van der Waals surface area contributed by atoms with Crippen molar-refractivity contribution in [2.75, 3.05) is 5.75 Å². The predicted octanol–water partition coefficient (Wildman–Crippen LogP) is 2.05. The highest BCUT2D eigenvalue weighted by Gasteiger charge is 2.22. The minimum absolute atomic E-state index is 0.00721. The molecule has 12 heteroatoms. The molecule has 1 aromatic heterocycles. The summed E-state index contributed by atoms with van der Waals surface area (Å²) < 4.78 is 54.2. The fourth-order valence-corrected chi connectivity index (χ4v) is 5.14. The Bertz CT molecular complexity index is 1750. The zero-order valence-electron chi connectivity index (χ0n) is 18.5. The first-order valence-electron chi connectivity index (χ1n) is 10.4.